The van der Waals surface area contributed by atoms with Crippen LogP contribution < -0.4 is 5.32 Å². The van der Waals surface area contributed by atoms with Gasteiger partial charge in [0.2, 0.25) is 5.95 Å². The molecule has 0 radical (unpaired) electrons. The summed E-state index contributed by atoms with van der Waals surface area (Å²) in [6, 6.07) is 0. The van der Waals surface area contributed by atoms with Crippen LogP contribution in [0.1, 0.15) is 24.7 Å². The molecular weight excluding hydrogens is 192 g/mol. The van der Waals surface area contributed by atoms with Crippen LogP contribution in [0.25, 0.3) is 0 Å². The van der Waals surface area contributed by atoms with Gasteiger partial charge in [0.15, 0.2) is 0 Å². The van der Waals surface area contributed by atoms with Gasteiger partial charge in [-0.2, -0.15) is 5.10 Å². The van der Waals surface area contributed by atoms with E-state index >= 15 is 0 Å². The first-order chi connectivity index (χ1) is 7.09. The van der Waals surface area contributed by atoms with Crippen molar-refractivity contribution in [3.63, 3.8) is 0 Å². The molecule has 1 unspecified atom stereocenters. The molecular formula is C10H16N4O. The Hall–Kier alpha value is -1.23. The lowest BCUT2D eigenvalue weighted by molar-refractivity contribution is 0.185. The Balaban J connectivity index is 2.13. The van der Waals surface area contributed by atoms with E-state index in [1.54, 1.807) is 0 Å². The highest BCUT2D eigenvalue weighted by Gasteiger charge is 2.30. The lowest BCUT2D eigenvalue weighted by atomic mass is 10.0. The van der Waals surface area contributed by atoms with Gasteiger partial charge in [0.05, 0.1) is 23.5 Å². The Morgan fingerprint density at radius 2 is 2.07 bits per heavy atom. The minimum atomic E-state index is -0.0522. The zero-order chi connectivity index (χ0) is 10.9. The van der Waals surface area contributed by atoms with Crippen molar-refractivity contribution in [3.05, 3.63) is 11.4 Å². The molecule has 1 N–H and O–H groups in total. The van der Waals surface area contributed by atoms with Crippen LogP contribution >= 0.6 is 0 Å². The highest BCUT2D eigenvalue weighted by Crippen LogP contribution is 2.21. The summed E-state index contributed by atoms with van der Waals surface area (Å²) in [5.74, 6) is 0.589. The van der Waals surface area contributed by atoms with E-state index in [0.29, 0.717) is 12.6 Å². The third kappa shape index (κ3) is 2.23. The molecule has 1 fully saturated rings. The standard InChI is InChI=1S/C10H16N4O/c1-7-8(2)13-14-9(11-7)12-10(3)4-5-15-6-10/h4-6H2,1-3H3,(H,11,12,14). The van der Waals surface area contributed by atoms with Crippen LogP contribution in [0.5, 0.6) is 0 Å². The van der Waals surface area contributed by atoms with Crippen molar-refractivity contribution < 1.29 is 4.74 Å². The smallest absolute Gasteiger partial charge is 0.243 e. The van der Waals surface area contributed by atoms with Crippen molar-refractivity contribution in [2.75, 3.05) is 18.5 Å². The number of anilines is 1. The van der Waals surface area contributed by atoms with Gasteiger partial charge in [0, 0.05) is 6.61 Å². The molecule has 1 aliphatic rings. The Morgan fingerprint density at radius 1 is 1.27 bits per heavy atom. The fourth-order valence-electron chi connectivity index (χ4n) is 1.55. The van der Waals surface area contributed by atoms with Gasteiger partial charge in [-0.25, -0.2) is 4.98 Å². The Kier molecular flexibility index (Phi) is 2.56. The number of nitrogens with zero attached hydrogens (tertiary/aromatic N) is 3. The Bertz CT molecular complexity index is 360. The monoisotopic (exact) mass is 208 g/mol. The molecule has 1 saturated heterocycles. The highest BCUT2D eigenvalue weighted by atomic mass is 16.5. The zero-order valence-electron chi connectivity index (χ0n) is 9.37. The largest absolute Gasteiger partial charge is 0.379 e. The molecule has 82 valence electrons. The lowest BCUT2D eigenvalue weighted by Crippen LogP contribution is -2.36. The molecule has 15 heavy (non-hydrogen) atoms. The zero-order valence-corrected chi connectivity index (χ0v) is 9.37. The number of aromatic nitrogens is 3. The molecule has 0 aliphatic carbocycles. The van der Waals surface area contributed by atoms with E-state index in [4.69, 9.17) is 4.74 Å². The van der Waals surface area contributed by atoms with E-state index < -0.39 is 0 Å². The van der Waals surface area contributed by atoms with Gasteiger partial charge >= 0.3 is 0 Å². The third-order valence-corrected chi connectivity index (χ3v) is 2.72. The number of aryl methyl sites for hydroxylation is 2. The quantitative estimate of drug-likeness (QED) is 0.788. The van der Waals surface area contributed by atoms with Gasteiger partial charge in [-0.15, -0.1) is 5.10 Å². The van der Waals surface area contributed by atoms with Gasteiger partial charge in [-0.3, -0.25) is 0 Å². The summed E-state index contributed by atoms with van der Waals surface area (Å²) in [6.07, 6.45) is 0.975. The van der Waals surface area contributed by atoms with E-state index in [-0.39, 0.29) is 5.54 Å². The van der Waals surface area contributed by atoms with Crippen molar-refractivity contribution in [1.29, 1.82) is 0 Å². The van der Waals surface area contributed by atoms with Crippen LogP contribution in [-0.4, -0.2) is 33.9 Å². The average molecular weight is 208 g/mol. The van der Waals surface area contributed by atoms with E-state index in [1.165, 1.54) is 0 Å². The first kappa shape index (κ1) is 10.3. The van der Waals surface area contributed by atoms with Crippen LogP contribution in [0.4, 0.5) is 5.95 Å². The fraction of sp³-hybridized carbons (Fsp3) is 0.700. The molecule has 0 amide bonds. The molecule has 0 bridgehead atoms. The first-order valence-corrected chi connectivity index (χ1v) is 5.13. The first-order valence-electron chi connectivity index (χ1n) is 5.13. The maximum atomic E-state index is 5.35. The van der Waals surface area contributed by atoms with E-state index in [2.05, 4.69) is 27.4 Å². The second-order valence-corrected chi connectivity index (χ2v) is 4.29. The van der Waals surface area contributed by atoms with Gasteiger partial charge in [-0.1, -0.05) is 0 Å². The van der Waals surface area contributed by atoms with Gasteiger partial charge in [-0.05, 0) is 27.2 Å². The van der Waals surface area contributed by atoms with Gasteiger partial charge < -0.3 is 10.1 Å². The summed E-state index contributed by atoms with van der Waals surface area (Å²) in [7, 11) is 0. The number of nitrogens with one attached hydrogen (secondary N) is 1. The van der Waals surface area contributed by atoms with Crippen LogP contribution in [0.15, 0.2) is 0 Å². The fourth-order valence-corrected chi connectivity index (χ4v) is 1.55. The molecule has 1 aromatic heterocycles. The summed E-state index contributed by atoms with van der Waals surface area (Å²) in [6.45, 7) is 7.44. The molecule has 5 nitrogen and oxygen atoms in total. The summed E-state index contributed by atoms with van der Waals surface area (Å²) in [5.41, 5.74) is 1.73. The maximum absolute atomic E-state index is 5.35. The van der Waals surface area contributed by atoms with Crippen molar-refractivity contribution in [3.8, 4) is 0 Å². The SMILES string of the molecule is Cc1nnc(NC2(C)CCOC2)nc1C. The predicted octanol–water partition coefficient (Wildman–Crippen LogP) is 1.08. The van der Waals surface area contributed by atoms with Crippen molar-refractivity contribution >= 4 is 5.95 Å². The molecule has 0 aromatic carbocycles. The van der Waals surface area contributed by atoms with Gasteiger partial charge in [0.1, 0.15) is 0 Å². The Morgan fingerprint density at radius 3 is 2.67 bits per heavy atom. The molecule has 0 spiro atoms. The summed E-state index contributed by atoms with van der Waals surface area (Å²) >= 11 is 0. The van der Waals surface area contributed by atoms with Gasteiger partial charge in [0.25, 0.3) is 0 Å². The normalized spacial score (nSPS) is 25.5. The molecule has 2 rings (SSSR count). The minimum Gasteiger partial charge on any atom is -0.379 e. The molecule has 1 atom stereocenters. The summed E-state index contributed by atoms with van der Waals surface area (Å²) in [4.78, 5) is 4.34. The van der Waals surface area contributed by atoms with E-state index in [0.717, 1.165) is 24.4 Å². The van der Waals surface area contributed by atoms with E-state index in [1.807, 2.05) is 13.8 Å². The summed E-state index contributed by atoms with van der Waals surface area (Å²) in [5, 5.41) is 11.3. The molecule has 5 heteroatoms. The van der Waals surface area contributed by atoms with Crippen LogP contribution in [0, 0.1) is 13.8 Å². The molecule has 0 saturated carbocycles. The molecule has 1 aliphatic heterocycles. The van der Waals surface area contributed by atoms with Crippen molar-refractivity contribution in [1.82, 2.24) is 15.2 Å². The highest BCUT2D eigenvalue weighted by molar-refractivity contribution is 5.29. The minimum absolute atomic E-state index is 0.0522. The maximum Gasteiger partial charge on any atom is 0.243 e. The number of hydrogen-bond donors (Lipinski definition) is 1. The molecule has 2 heterocycles. The lowest BCUT2D eigenvalue weighted by Gasteiger charge is -2.23. The number of rotatable bonds is 2. The van der Waals surface area contributed by atoms with Crippen molar-refractivity contribution in [2.24, 2.45) is 0 Å². The van der Waals surface area contributed by atoms with Crippen LogP contribution in [0.3, 0.4) is 0 Å². The summed E-state index contributed by atoms with van der Waals surface area (Å²) < 4.78 is 5.35. The Labute approximate surface area is 89.3 Å². The predicted molar refractivity (Wildman–Crippen MR) is 56.8 cm³/mol. The second-order valence-electron chi connectivity index (χ2n) is 4.29. The molecule has 1 aromatic rings. The van der Waals surface area contributed by atoms with Crippen LogP contribution in [0.2, 0.25) is 0 Å². The average Bonchev–Trinajstić information content (AvgIpc) is 2.59. The third-order valence-electron chi connectivity index (χ3n) is 2.72. The number of hydrogen-bond acceptors (Lipinski definition) is 5. The number of ether oxygens (including phenoxy) is 1. The van der Waals surface area contributed by atoms with Crippen molar-refractivity contribution in [2.45, 2.75) is 32.7 Å². The topological polar surface area (TPSA) is 59.9 Å². The second kappa shape index (κ2) is 3.73. The van der Waals surface area contributed by atoms with E-state index in [9.17, 15) is 0 Å². The van der Waals surface area contributed by atoms with Crippen LogP contribution in [-0.2, 0) is 4.74 Å².